The fourth-order valence-electron chi connectivity index (χ4n) is 2.22. The maximum atomic E-state index is 11.4. The summed E-state index contributed by atoms with van der Waals surface area (Å²) in [4.78, 5) is 15.4. The van der Waals surface area contributed by atoms with Crippen molar-refractivity contribution in [3.05, 3.63) is 58.9 Å². The van der Waals surface area contributed by atoms with Gasteiger partial charge in [0.05, 0.1) is 0 Å². The van der Waals surface area contributed by atoms with Crippen molar-refractivity contribution in [3.8, 4) is 16.8 Å². The fourth-order valence-corrected chi connectivity index (χ4v) is 2.34. The summed E-state index contributed by atoms with van der Waals surface area (Å²) in [5.74, 6) is -0.306. The molecule has 1 N–H and O–H groups in total. The predicted octanol–water partition coefficient (Wildman–Crippen LogP) is 2.93. The van der Waals surface area contributed by atoms with Crippen LogP contribution < -0.4 is 0 Å². The van der Waals surface area contributed by atoms with E-state index >= 15 is 0 Å². The van der Waals surface area contributed by atoms with Crippen LogP contribution in [0.4, 0.5) is 0 Å². The molecule has 0 unspecified atom stereocenters. The number of carboxylic acids is 1. The zero-order chi connectivity index (χ0) is 15.7. The molecule has 3 rings (SSSR count). The molecule has 0 spiro atoms. The number of aryl methyl sites for hydroxylation is 1. The number of aromatic carboxylic acids is 1. The van der Waals surface area contributed by atoms with E-state index in [1.54, 1.807) is 28.9 Å². The summed E-state index contributed by atoms with van der Waals surface area (Å²) in [6.07, 6.45) is 0. The standard InChI is InChI=1S/C15H11BClN3O2/c1-9-18-16-19-20(9)14-7-11(6-12(8-14)15(21)22)10-2-4-13(17)5-3-10/h2-8H,1H3,(H,21,22). The topological polar surface area (TPSA) is 68.0 Å². The summed E-state index contributed by atoms with van der Waals surface area (Å²) < 4.78 is 1.60. The number of hydrogen-bond acceptors (Lipinski definition) is 3. The van der Waals surface area contributed by atoms with Crippen molar-refractivity contribution in [3.63, 3.8) is 0 Å². The van der Waals surface area contributed by atoms with Gasteiger partial charge in [-0.05, 0) is 0 Å². The number of carboxylic acid groups (broad SMARTS) is 1. The van der Waals surface area contributed by atoms with Gasteiger partial charge in [0.25, 0.3) is 0 Å². The number of aromatic nitrogens is 3. The zero-order valence-corrected chi connectivity index (χ0v) is 12.4. The third-order valence-electron chi connectivity index (χ3n) is 3.31. The summed E-state index contributed by atoms with van der Waals surface area (Å²) in [6, 6.07) is 12.3. The van der Waals surface area contributed by atoms with E-state index in [0.29, 0.717) is 16.5 Å². The molecule has 1 aromatic heterocycles. The molecule has 2 aromatic carbocycles. The molecule has 0 aliphatic rings. The molecule has 0 bridgehead atoms. The Hall–Kier alpha value is -2.47. The number of rotatable bonds is 3. The normalized spacial score (nSPS) is 10.5. The first-order valence-corrected chi connectivity index (χ1v) is 6.94. The molecule has 5 nitrogen and oxygen atoms in total. The second-order valence-electron chi connectivity index (χ2n) is 4.80. The molecule has 0 aliphatic heterocycles. The zero-order valence-electron chi connectivity index (χ0n) is 11.7. The number of halogens is 1. The Kier molecular flexibility index (Phi) is 3.77. The third-order valence-corrected chi connectivity index (χ3v) is 3.56. The summed E-state index contributed by atoms with van der Waals surface area (Å²) in [6.45, 7) is 1.81. The van der Waals surface area contributed by atoms with Gasteiger partial charge >= 0.3 is 132 Å². The molecule has 0 saturated heterocycles. The van der Waals surface area contributed by atoms with E-state index in [1.807, 2.05) is 25.1 Å². The van der Waals surface area contributed by atoms with Crippen LogP contribution in [-0.2, 0) is 0 Å². The van der Waals surface area contributed by atoms with Gasteiger partial charge < -0.3 is 0 Å². The molecule has 108 valence electrons. The van der Waals surface area contributed by atoms with Crippen molar-refractivity contribution in [2.24, 2.45) is 0 Å². The van der Waals surface area contributed by atoms with E-state index in [0.717, 1.165) is 11.1 Å². The van der Waals surface area contributed by atoms with E-state index in [2.05, 4.69) is 9.90 Å². The minimum atomic E-state index is -0.991. The third kappa shape index (κ3) is 2.78. The number of carbonyl (C=O) groups is 1. The van der Waals surface area contributed by atoms with Gasteiger partial charge in [-0.25, -0.2) is 0 Å². The second kappa shape index (κ2) is 5.73. The van der Waals surface area contributed by atoms with Crippen molar-refractivity contribution in [1.82, 2.24) is 14.6 Å². The van der Waals surface area contributed by atoms with Crippen molar-refractivity contribution >= 4 is 24.8 Å². The molecule has 0 amide bonds. The molecule has 7 heteroatoms. The van der Waals surface area contributed by atoms with Crippen molar-refractivity contribution in [1.29, 1.82) is 0 Å². The molecule has 3 aromatic rings. The average molecular weight is 312 g/mol. The van der Waals surface area contributed by atoms with Gasteiger partial charge in [0, 0.05) is 0 Å². The van der Waals surface area contributed by atoms with E-state index in [9.17, 15) is 9.90 Å². The molecule has 0 saturated carbocycles. The average Bonchev–Trinajstić information content (AvgIpc) is 2.93. The van der Waals surface area contributed by atoms with Gasteiger partial charge in [0.2, 0.25) is 0 Å². The first kappa shape index (κ1) is 14.5. The van der Waals surface area contributed by atoms with Gasteiger partial charge in [-0.2, -0.15) is 0 Å². The molecule has 1 heterocycles. The number of benzene rings is 2. The molecule has 0 fully saturated rings. The van der Waals surface area contributed by atoms with Crippen LogP contribution >= 0.6 is 11.6 Å². The predicted molar refractivity (Wildman–Crippen MR) is 84.8 cm³/mol. The minimum absolute atomic E-state index is 0.192. The summed E-state index contributed by atoms with van der Waals surface area (Å²) in [5, 5.41) is 14.1. The quantitative estimate of drug-likeness (QED) is 0.807. The van der Waals surface area contributed by atoms with Gasteiger partial charge in [-0.3, -0.25) is 0 Å². The van der Waals surface area contributed by atoms with Crippen LogP contribution in [0.5, 0.6) is 0 Å². The van der Waals surface area contributed by atoms with Crippen LogP contribution in [0, 0.1) is 6.92 Å². The van der Waals surface area contributed by atoms with Crippen LogP contribution in [-0.4, -0.2) is 32.8 Å². The van der Waals surface area contributed by atoms with Gasteiger partial charge in [0.1, 0.15) is 0 Å². The Labute approximate surface area is 132 Å². The Morgan fingerprint density at radius 2 is 1.91 bits per heavy atom. The molecule has 0 radical (unpaired) electrons. The van der Waals surface area contributed by atoms with Crippen LogP contribution in [0.15, 0.2) is 42.5 Å². The molecular formula is C15H11BClN3O2. The van der Waals surface area contributed by atoms with Crippen molar-refractivity contribution in [2.45, 2.75) is 6.92 Å². The number of hydrogen-bond donors (Lipinski definition) is 1. The van der Waals surface area contributed by atoms with E-state index in [1.165, 1.54) is 7.19 Å². The van der Waals surface area contributed by atoms with Gasteiger partial charge in [0.15, 0.2) is 0 Å². The Balaban J connectivity index is 2.18. The first-order valence-electron chi connectivity index (χ1n) is 6.56. The van der Waals surface area contributed by atoms with E-state index in [-0.39, 0.29) is 5.56 Å². The first-order chi connectivity index (χ1) is 10.5. The second-order valence-corrected chi connectivity index (χ2v) is 5.24. The summed E-state index contributed by atoms with van der Waals surface area (Å²) >= 11 is 5.90. The number of nitrogens with zero attached hydrogens (tertiary/aromatic N) is 3. The molecule has 22 heavy (non-hydrogen) atoms. The summed E-state index contributed by atoms with van der Waals surface area (Å²) in [5.41, 5.74) is 2.50. The monoisotopic (exact) mass is 311 g/mol. The van der Waals surface area contributed by atoms with E-state index < -0.39 is 5.97 Å². The molecule has 0 aliphatic carbocycles. The van der Waals surface area contributed by atoms with Crippen molar-refractivity contribution < 1.29 is 9.90 Å². The summed E-state index contributed by atoms with van der Waals surface area (Å²) in [7, 11) is 1.44. The maximum absolute atomic E-state index is 11.4. The van der Waals surface area contributed by atoms with E-state index in [4.69, 9.17) is 11.6 Å². The van der Waals surface area contributed by atoms with Crippen LogP contribution in [0.3, 0.4) is 0 Å². The molecule has 0 atom stereocenters. The van der Waals surface area contributed by atoms with Gasteiger partial charge in [-0.1, -0.05) is 0 Å². The van der Waals surface area contributed by atoms with Crippen LogP contribution in [0.1, 0.15) is 16.2 Å². The van der Waals surface area contributed by atoms with Crippen LogP contribution in [0.2, 0.25) is 5.02 Å². The van der Waals surface area contributed by atoms with Crippen LogP contribution in [0.25, 0.3) is 16.8 Å². The fraction of sp³-hybridized carbons (Fsp3) is 0.0667. The Morgan fingerprint density at radius 3 is 2.50 bits per heavy atom. The molecular weight excluding hydrogens is 300 g/mol. The Morgan fingerprint density at radius 1 is 1.18 bits per heavy atom. The Bertz CT molecular complexity index is 846. The van der Waals surface area contributed by atoms with Gasteiger partial charge in [-0.15, -0.1) is 0 Å². The SMILES string of the molecule is Cc1nbnn1-c1cc(C(=O)O)cc(-c2ccc(Cl)cc2)c1. The van der Waals surface area contributed by atoms with Crippen molar-refractivity contribution in [2.75, 3.05) is 0 Å².